The third-order valence-corrected chi connectivity index (χ3v) is 3.82. The number of aryl methyl sites for hydroxylation is 2. The minimum absolute atomic E-state index is 0.380. The van der Waals surface area contributed by atoms with Gasteiger partial charge in [0.2, 0.25) is 0 Å². The Morgan fingerprint density at radius 1 is 1.18 bits per heavy atom. The van der Waals surface area contributed by atoms with Gasteiger partial charge in [0.1, 0.15) is 5.52 Å². The minimum atomic E-state index is 0.380. The van der Waals surface area contributed by atoms with E-state index in [1.807, 2.05) is 13.0 Å². The van der Waals surface area contributed by atoms with Crippen LogP contribution in [-0.4, -0.2) is 25.1 Å². The number of nitrogens with zero attached hydrogens (tertiary/aromatic N) is 4. The highest BCUT2D eigenvalue weighted by atomic mass is 15.2. The summed E-state index contributed by atoms with van der Waals surface area (Å²) in [5.41, 5.74) is 6.90. The van der Waals surface area contributed by atoms with Crippen molar-refractivity contribution in [3.8, 4) is 11.3 Å². The number of rotatable bonds is 3. The zero-order valence-electron chi connectivity index (χ0n) is 13.4. The molecule has 1 N–H and O–H groups in total. The Morgan fingerprint density at radius 2 is 1.95 bits per heavy atom. The highest BCUT2D eigenvalue weighted by Crippen LogP contribution is 2.27. The number of aromatic amines is 1. The second-order valence-corrected chi connectivity index (χ2v) is 5.76. The van der Waals surface area contributed by atoms with Gasteiger partial charge >= 0.3 is 0 Å². The van der Waals surface area contributed by atoms with Crippen LogP contribution in [0.25, 0.3) is 22.4 Å². The fourth-order valence-corrected chi connectivity index (χ4v) is 2.51. The van der Waals surface area contributed by atoms with Crippen LogP contribution in [0.1, 0.15) is 49.5 Å². The summed E-state index contributed by atoms with van der Waals surface area (Å²) in [4.78, 5) is 14.0. The first kappa shape index (κ1) is 14.6. The van der Waals surface area contributed by atoms with Crippen LogP contribution in [-0.2, 0) is 6.42 Å². The Bertz CT molecular complexity index is 832. The molecule has 1 radical (unpaired) electrons. The van der Waals surface area contributed by atoms with Crippen molar-refractivity contribution in [2.24, 2.45) is 0 Å². The molecular weight excluding hydrogens is 274 g/mol. The van der Waals surface area contributed by atoms with Gasteiger partial charge in [0, 0.05) is 11.3 Å². The molecule has 3 rings (SSSR count). The summed E-state index contributed by atoms with van der Waals surface area (Å²) in [5.74, 6) is 0.380. The lowest BCUT2D eigenvalue weighted by molar-refractivity contribution is 0.819. The van der Waals surface area contributed by atoms with Crippen molar-refractivity contribution in [1.82, 2.24) is 25.1 Å². The van der Waals surface area contributed by atoms with Crippen LogP contribution >= 0.6 is 0 Å². The summed E-state index contributed by atoms with van der Waals surface area (Å²) in [6.07, 6.45) is 0.793. The number of nitrogens with one attached hydrogen (secondary N) is 1. The first-order chi connectivity index (χ1) is 10.5. The maximum Gasteiger partial charge on any atom is 0.174 e. The monoisotopic (exact) mass is 294 g/mol. The van der Waals surface area contributed by atoms with Crippen molar-refractivity contribution in [3.63, 3.8) is 0 Å². The molecule has 0 aliphatic heterocycles. The fourth-order valence-electron chi connectivity index (χ4n) is 2.51. The summed E-state index contributed by atoms with van der Waals surface area (Å²) in [6, 6.07) is 4.09. The van der Waals surface area contributed by atoms with Gasteiger partial charge in [-0.25, -0.2) is 9.97 Å². The Kier molecular flexibility index (Phi) is 3.64. The van der Waals surface area contributed by atoms with E-state index in [0.29, 0.717) is 5.92 Å². The molecule has 0 aliphatic carbocycles. The second-order valence-electron chi connectivity index (χ2n) is 5.76. The van der Waals surface area contributed by atoms with E-state index in [0.717, 1.165) is 51.6 Å². The molecule has 113 valence electrons. The zero-order chi connectivity index (χ0) is 15.9. The first-order valence-corrected chi connectivity index (χ1v) is 7.56. The van der Waals surface area contributed by atoms with Gasteiger partial charge in [-0.3, -0.25) is 10.1 Å². The smallest absolute Gasteiger partial charge is 0.174 e. The highest BCUT2D eigenvalue weighted by molar-refractivity contribution is 5.78. The van der Waals surface area contributed by atoms with Gasteiger partial charge in [-0.1, -0.05) is 20.8 Å². The quantitative estimate of drug-likeness (QED) is 0.801. The molecular formula is C17H20N5. The minimum Gasteiger partial charge on any atom is -0.259 e. The highest BCUT2D eigenvalue weighted by Gasteiger charge is 2.16. The van der Waals surface area contributed by atoms with Crippen LogP contribution in [0.3, 0.4) is 0 Å². The molecule has 0 atom stereocenters. The molecule has 5 heteroatoms. The molecule has 3 heterocycles. The van der Waals surface area contributed by atoms with Gasteiger partial charge in [-0.2, -0.15) is 5.10 Å². The standard InChI is InChI=1S/C17H20N5/c1-6-13-16(20-15-11(5)21-22-17(15)19-13)12-7-8-14(9(2)3)18-10(12)4/h7-9H,4,6H2,1-3,5H3,(H,19,21,22). The van der Waals surface area contributed by atoms with Crippen molar-refractivity contribution in [2.75, 3.05) is 0 Å². The summed E-state index contributed by atoms with van der Waals surface area (Å²) in [5, 5.41) is 7.11. The SMILES string of the molecule is [CH2]c1nc(C(C)C)ccc1-c1nc2c(C)n[nH]c2nc1CC. The van der Waals surface area contributed by atoms with E-state index in [2.05, 4.69) is 53.9 Å². The molecule has 0 spiro atoms. The molecule has 0 aliphatic rings. The Morgan fingerprint density at radius 3 is 2.59 bits per heavy atom. The number of H-pyrrole nitrogens is 1. The van der Waals surface area contributed by atoms with Crippen molar-refractivity contribution in [3.05, 3.63) is 41.8 Å². The first-order valence-electron chi connectivity index (χ1n) is 7.56. The van der Waals surface area contributed by atoms with Gasteiger partial charge in [0.25, 0.3) is 0 Å². The number of pyridine rings is 1. The van der Waals surface area contributed by atoms with Gasteiger partial charge < -0.3 is 0 Å². The van der Waals surface area contributed by atoms with Crippen LogP contribution in [0.15, 0.2) is 12.1 Å². The average molecular weight is 294 g/mol. The van der Waals surface area contributed by atoms with E-state index in [4.69, 9.17) is 4.98 Å². The maximum absolute atomic E-state index is 4.77. The molecule has 0 unspecified atom stereocenters. The number of hydrogen-bond acceptors (Lipinski definition) is 4. The van der Waals surface area contributed by atoms with Crippen molar-refractivity contribution < 1.29 is 0 Å². The van der Waals surface area contributed by atoms with Crippen molar-refractivity contribution in [1.29, 1.82) is 0 Å². The molecule has 3 aromatic heterocycles. The molecule has 0 bridgehead atoms. The molecule has 5 nitrogen and oxygen atoms in total. The van der Waals surface area contributed by atoms with Crippen LogP contribution in [0, 0.1) is 13.8 Å². The normalized spacial score (nSPS) is 11.5. The third kappa shape index (κ3) is 2.36. The Balaban J connectivity index is 2.22. The van der Waals surface area contributed by atoms with Gasteiger partial charge in [-0.05, 0) is 38.3 Å². The molecule has 0 aromatic carbocycles. The number of hydrogen-bond donors (Lipinski definition) is 1. The van der Waals surface area contributed by atoms with Crippen LogP contribution in [0.5, 0.6) is 0 Å². The second kappa shape index (κ2) is 5.48. The number of aromatic nitrogens is 5. The van der Waals surface area contributed by atoms with Crippen LogP contribution in [0.4, 0.5) is 0 Å². The van der Waals surface area contributed by atoms with Gasteiger partial charge in [0.15, 0.2) is 5.65 Å². The van der Waals surface area contributed by atoms with Crippen LogP contribution < -0.4 is 0 Å². The van der Waals surface area contributed by atoms with Gasteiger partial charge in [-0.15, -0.1) is 0 Å². The van der Waals surface area contributed by atoms with E-state index in [-0.39, 0.29) is 0 Å². The molecule has 0 saturated heterocycles. The summed E-state index contributed by atoms with van der Waals surface area (Å²) in [6.45, 7) is 12.3. The summed E-state index contributed by atoms with van der Waals surface area (Å²) in [7, 11) is 0. The summed E-state index contributed by atoms with van der Waals surface area (Å²) < 4.78 is 0. The Labute approximate surface area is 130 Å². The maximum atomic E-state index is 4.77. The van der Waals surface area contributed by atoms with Crippen LogP contribution in [0.2, 0.25) is 0 Å². The Hall–Kier alpha value is -2.30. The molecule has 0 amide bonds. The van der Waals surface area contributed by atoms with Crippen molar-refractivity contribution in [2.45, 2.75) is 40.0 Å². The lowest BCUT2D eigenvalue weighted by Gasteiger charge is -2.12. The zero-order valence-corrected chi connectivity index (χ0v) is 13.4. The van der Waals surface area contributed by atoms with Crippen molar-refractivity contribution >= 4 is 11.2 Å². The molecule has 0 fully saturated rings. The lowest BCUT2D eigenvalue weighted by atomic mass is 10.0. The largest absolute Gasteiger partial charge is 0.259 e. The lowest BCUT2D eigenvalue weighted by Crippen LogP contribution is -2.02. The molecule has 22 heavy (non-hydrogen) atoms. The fraction of sp³-hybridized carbons (Fsp3) is 0.353. The predicted molar refractivity (Wildman–Crippen MR) is 87.6 cm³/mol. The summed E-state index contributed by atoms with van der Waals surface area (Å²) >= 11 is 0. The van der Waals surface area contributed by atoms with E-state index in [1.54, 1.807) is 0 Å². The topological polar surface area (TPSA) is 67.3 Å². The molecule has 0 saturated carbocycles. The third-order valence-electron chi connectivity index (χ3n) is 3.82. The predicted octanol–water partition coefficient (Wildman–Crippen LogP) is 3.59. The van der Waals surface area contributed by atoms with Gasteiger partial charge in [0.05, 0.1) is 22.8 Å². The number of fused-ring (bicyclic) bond motifs is 1. The van der Waals surface area contributed by atoms with E-state index in [9.17, 15) is 0 Å². The average Bonchev–Trinajstić information content (AvgIpc) is 2.86. The molecule has 3 aromatic rings. The van der Waals surface area contributed by atoms with E-state index >= 15 is 0 Å². The van der Waals surface area contributed by atoms with E-state index < -0.39 is 0 Å². The van der Waals surface area contributed by atoms with E-state index in [1.165, 1.54) is 0 Å².